The molecular formula is C10H12N2OS. The SMILES string of the molecule is Cc1cc2sc(CN)cc2c(=O)n1C. The highest BCUT2D eigenvalue weighted by Crippen LogP contribution is 2.23. The number of nitrogens with two attached hydrogens (primary N) is 1. The van der Waals surface area contributed by atoms with E-state index in [2.05, 4.69) is 0 Å². The lowest BCUT2D eigenvalue weighted by molar-refractivity contribution is 0.831. The van der Waals surface area contributed by atoms with Crippen LogP contribution in [0.1, 0.15) is 10.6 Å². The molecule has 0 amide bonds. The number of rotatable bonds is 1. The van der Waals surface area contributed by atoms with Gasteiger partial charge in [-0.1, -0.05) is 0 Å². The molecule has 0 atom stereocenters. The van der Waals surface area contributed by atoms with Crippen LogP contribution in [0.5, 0.6) is 0 Å². The lowest BCUT2D eigenvalue weighted by Crippen LogP contribution is -2.17. The van der Waals surface area contributed by atoms with E-state index in [1.807, 2.05) is 19.1 Å². The maximum atomic E-state index is 11.8. The van der Waals surface area contributed by atoms with Crippen LogP contribution in [0.15, 0.2) is 16.9 Å². The molecule has 0 radical (unpaired) electrons. The predicted octanol–water partition coefficient (Wildman–Crippen LogP) is 1.37. The van der Waals surface area contributed by atoms with Crippen LogP contribution in [-0.2, 0) is 13.6 Å². The summed E-state index contributed by atoms with van der Waals surface area (Å²) in [6.45, 7) is 2.43. The van der Waals surface area contributed by atoms with E-state index in [0.29, 0.717) is 6.54 Å². The summed E-state index contributed by atoms with van der Waals surface area (Å²) >= 11 is 1.60. The fourth-order valence-electron chi connectivity index (χ4n) is 1.46. The molecule has 4 heteroatoms. The number of pyridine rings is 1. The van der Waals surface area contributed by atoms with E-state index >= 15 is 0 Å². The first-order chi connectivity index (χ1) is 6.63. The summed E-state index contributed by atoms with van der Waals surface area (Å²) in [7, 11) is 1.79. The summed E-state index contributed by atoms with van der Waals surface area (Å²) in [5.41, 5.74) is 6.59. The molecule has 2 aromatic rings. The van der Waals surface area contributed by atoms with E-state index < -0.39 is 0 Å². The number of aryl methyl sites for hydroxylation is 1. The van der Waals surface area contributed by atoms with Crippen LogP contribution >= 0.6 is 11.3 Å². The lowest BCUT2D eigenvalue weighted by atomic mass is 10.3. The molecule has 0 aliphatic heterocycles. The first-order valence-electron chi connectivity index (χ1n) is 4.42. The number of hydrogen-bond donors (Lipinski definition) is 1. The fourth-order valence-corrected chi connectivity index (χ4v) is 2.49. The molecular weight excluding hydrogens is 196 g/mol. The maximum absolute atomic E-state index is 11.8. The minimum atomic E-state index is 0.0657. The van der Waals surface area contributed by atoms with Crippen LogP contribution in [0, 0.1) is 6.92 Å². The van der Waals surface area contributed by atoms with E-state index in [1.165, 1.54) is 0 Å². The second kappa shape index (κ2) is 3.22. The van der Waals surface area contributed by atoms with Crippen molar-refractivity contribution in [1.82, 2.24) is 4.57 Å². The van der Waals surface area contributed by atoms with Crippen LogP contribution in [0.25, 0.3) is 10.1 Å². The highest BCUT2D eigenvalue weighted by atomic mass is 32.1. The van der Waals surface area contributed by atoms with Crippen molar-refractivity contribution < 1.29 is 0 Å². The van der Waals surface area contributed by atoms with Gasteiger partial charge in [-0.25, -0.2) is 0 Å². The molecule has 3 nitrogen and oxygen atoms in total. The zero-order valence-electron chi connectivity index (χ0n) is 8.20. The van der Waals surface area contributed by atoms with E-state index in [9.17, 15) is 4.79 Å². The standard InChI is InChI=1S/C10H12N2OS/c1-6-3-9-8(10(13)12(6)2)4-7(5-11)14-9/h3-4H,5,11H2,1-2H3. The summed E-state index contributed by atoms with van der Waals surface area (Å²) < 4.78 is 2.70. The molecule has 0 unspecified atom stereocenters. The average molecular weight is 208 g/mol. The maximum Gasteiger partial charge on any atom is 0.259 e. The molecule has 2 N–H and O–H groups in total. The minimum Gasteiger partial charge on any atom is -0.326 e. The van der Waals surface area contributed by atoms with Crippen LogP contribution in [0.4, 0.5) is 0 Å². The Balaban J connectivity index is 2.88. The highest BCUT2D eigenvalue weighted by molar-refractivity contribution is 7.19. The summed E-state index contributed by atoms with van der Waals surface area (Å²) in [5, 5.41) is 0.781. The Labute approximate surface area is 85.8 Å². The largest absolute Gasteiger partial charge is 0.326 e. The van der Waals surface area contributed by atoms with E-state index in [-0.39, 0.29) is 5.56 Å². The van der Waals surface area contributed by atoms with Gasteiger partial charge < -0.3 is 10.3 Å². The van der Waals surface area contributed by atoms with Gasteiger partial charge in [-0.15, -0.1) is 11.3 Å². The highest BCUT2D eigenvalue weighted by Gasteiger charge is 2.07. The number of nitrogens with zero attached hydrogens (tertiary/aromatic N) is 1. The van der Waals surface area contributed by atoms with Gasteiger partial charge in [0.15, 0.2) is 0 Å². The summed E-state index contributed by atoms with van der Waals surface area (Å²) in [5.74, 6) is 0. The zero-order chi connectivity index (χ0) is 10.3. The van der Waals surface area contributed by atoms with Crippen LogP contribution in [0.2, 0.25) is 0 Å². The number of hydrogen-bond acceptors (Lipinski definition) is 3. The molecule has 0 aliphatic carbocycles. The number of thiophene rings is 1. The molecule has 74 valence electrons. The lowest BCUT2D eigenvalue weighted by Gasteiger charge is -2.01. The smallest absolute Gasteiger partial charge is 0.259 e. The predicted molar refractivity (Wildman–Crippen MR) is 59.7 cm³/mol. The molecule has 2 aromatic heterocycles. The van der Waals surface area contributed by atoms with Crippen LogP contribution in [0.3, 0.4) is 0 Å². The van der Waals surface area contributed by atoms with Crippen molar-refractivity contribution in [3.8, 4) is 0 Å². The van der Waals surface area contributed by atoms with Gasteiger partial charge in [0.2, 0.25) is 0 Å². The van der Waals surface area contributed by atoms with Crippen LogP contribution in [-0.4, -0.2) is 4.57 Å². The molecule has 2 rings (SSSR count). The first kappa shape index (κ1) is 9.43. The third kappa shape index (κ3) is 1.27. The van der Waals surface area contributed by atoms with Crippen LogP contribution < -0.4 is 11.3 Å². The molecule has 0 aromatic carbocycles. The van der Waals surface area contributed by atoms with Gasteiger partial charge in [0, 0.05) is 28.9 Å². The monoisotopic (exact) mass is 208 g/mol. The van der Waals surface area contributed by atoms with Gasteiger partial charge in [-0.05, 0) is 19.1 Å². The molecule has 2 heterocycles. The average Bonchev–Trinajstić information content (AvgIpc) is 2.57. The molecule has 0 bridgehead atoms. The molecule has 0 saturated carbocycles. The van der Waals surface area contributed by atoms with Crippen molar-refractivity contribution in [2.24, 2.45) is 12.8 Å². The van der Waals surface area contributed by atoms with Crippen molar-refractivity contribution >= 4 is 21.4 Å². The third-order valence-corrected chi connectivity index (χ3v) is 3.52. The summed E-state index contributed by atoms with van der Waals surface area (Å²) in [6.07, 6.45) is 0. The van der Waals surface area contributed by atoms with Crippen molar-refractivity contribution in [3.63, 3.8) is 0 Å². The van der Waals surface area contributed by atoms with Gasteiger partial charge in [-0.3, -0.25) is 4.79 Å². The van der Waals surface area contributed by atoms with E-state index in [0.717, 1.165) is 20.7 Å². The van der Waals surface area contributed by atoms with Crippen molar-refractivity contribution in [3.05, 3.63) is 33.1 Å². The normalized spacial score (nSPS) is 11.1. The molecule has 14 heavy (non-hydrogen) atoms. The Morgan fingerprint density at radius 2 is 2.21 bits per heavy atom. The quantitative estimate of drug-likeness (QED) is 0.769. The van der Waals surface area contributed by atoms with Gasteiger partial charge in [0.25, 0.3) is 5.56 Å². The van der Waals surface area contributed by atoms with Gasteiger partial charge in [-0.2, -0.15) is 0 Å². The second-order valence-corrected chi connectivity index (χ2v) is 4.51. The second-order valence-electron chi connectivity index (χ2n) is 3.34. The molecule has 0 aliphatic rings. The van der Waals surface area contributed by atoms with Crippen molar-refractivity contribution in [1.29, 1.82) is 0 Å². The summed E-state index contributed by atoms with van der Waals surface area (Å²) in [6, 6.07) is 3.92. The topological polar surface area (TPSA) is 48.0 Å². The van der Waals surface area contributed by atoms with Crippen molar-refractivity contribution in [2.75, 3.05) is 0 Å². The number of fused-ring (bicyclic) bond motifs is 1. The molecule has 0 fully saturated rings. The van der Waals surface area contributed by atoms with Gasteiger partial charge in [0.1, 0.15) is 0 Å². The summed E-state index contributed by atoms with van der Waals surface area (Å²) in [4.78, 5) is 12.9. The first-order valence-corrected chi connectivity index (χ1v) is 5.24. The minimum absolute atomic E-state index is 0.0657. The van der Waals surface area contributed by atoms with E-state index in [1.54, 1.807) is 23.0 Å². The Morgan fingerprint density at radius 3 is 2.86 bits per heavy atom. The zero-order valence-corrected chi connectivity index (χ0v) is 9.02. The Morgan fingerprint density at radius 1 is 1.50 bits per heavy atom. The Bertz CT molecular complexity index is 539. The van der Waals surface area contributed by atoms with E-state index in [4.69, 9.17) is 5.73 Å². The van der Waals surface area contributed by atoms with Crippen molar-refractivity contribution in [2.45, 2.75) is 13.5 Å². The molecule has 0 spiro atoms. The Kier molecular flexibility index (Phi) is 2.17. The third-order valence-electron chi connectivity index (χ3n) is 2.42. The Hall–Kier alpha value is -1.13. The fraction of sp³-hybridized carbons (Fsp3) is 0.300. The number of aromatic nitrogens is 1. The van der Waals surface area contributed by atoms with Gasteiger partial charge in [0.05, 0.1) is 5.39 Å². The van der Waals surface area contributed by atoms with Gasteiger partial charge >= 0.3 is 0 Å². The molecule has 0 saturated heterocycles.